The van der Waals surface area contributed by atoms with Crippen molar-refractivity contribution < 1.29 is 28.7 Å². The van der Waals surface area contributed by atoms with Crippen LogP contribution in [0.25, 0.3) is 6.08 Å². The topological polar surface area (TPSA) is 114 Å². The van der Waals surface area contributed by atoms with Gasteiger partial charge in [-0.15, -0.1) is 0 Å². The molecule has 0 bridgehead atoms. The lowest BCUT2D eigenvalue weighted by atomic mass is 10.1. The number of hydrogen-bond donors (Lipinski definition) is 2. The molecule has 3 aromatic rings. The Balaban J connectivity index is 1.53. The molecule has 5 amide bonds. The number of amides is 5. The fourth-order valence-corrected chi connectivity index (χ4v) is 4.14. The van der Waals surface area contributed by atoms with Crippen LogP contribution in [-0.4, -0.2) is 37.0 Å². The Labute approximate surface area is 230 Å². The van der Waals surface area contributed by atoms with E-state index in [1.54, 1.807) is 37.3 Å². The van der Waals surface area contributed by atoms with Gasteiger partial charge in [0.15, 0.2) is 18.1 Å². The van der Waals surface area contributed by atoms with E-state index in [1.165, 1.54) is 18.2 Å². The van der Waals surface area contributed by atoms with Crippen molar-refractivity contribution >= 4 is 52.8 Å². The van der Waals surface area contributed by atoms with Gasteiger partial charge < -0.3 is 14.8 Å². The number of ether oxygens (including phenoxy) is 2. The standard InChI is InChI=1S/C29H26ClN3O6/c1-4-38-25-14-19(9-11-24(25)39-16-26(34)31-23-10-8-17(2)12-18(23)3)13-22-27(35)32-29(37)33(28(22)36)21-7-5-6-20(30)15-21/h5-15H,4,16H2,1-3H3,(H,31,34)(H,32,35,37)/b22-13+. The molecule has 1 saturated heterocycles. The number of barbiturate groups is 1. The summed E-state index contributed by atoms with van der Waals surface area (Å²) < 4.78 is 11.4. The number of halogens is 1. The fourth-order valence-electron chi connectivity index (χ4n) is 3.96. The number of carbonyl (C=O) groups excluding carboxylic acids is 4. The number of imide groups is 2. The summed E-state index contributed by atoms with van der Waals surface area (Å²) >= 11 is 6.01. The van der Waals surface area contributed by atoms with Crippen LogP contribution in [-0.2, 0) is 14.4 Å². The van der Waals surface area contributed by atoms with Crippen LogP contribution in [0.5, 0.6) is 11.5 Å². The van der Waals surface area contributed by atoms with E-state index >= 15 is 0 Å². The molecule has 2 N–H and O–H groups in total. The molecule has 0 saturated carbocycles. The number of rotatable bonds is 8. The predicted molar refractivity (Wildman–Crippen MR) is 148 cm³/mol. The molecule has 39 heavy (non-hydrogen) atoms. The molecule has 4 rings (SSSR count). The van der Waals surface area contributed by atoms with E-state index in [0.29, 0.717) is 34.4 Å². The summed E-state index contributed by atoms with van der Waals surface area (Å²) in [4.78, 5) is 51.4. The molecule has 0 spiro atoms. The zero-order valence-electron chi connectivity index (χ0n) is 21.5. The maximum atomic E-state index is 13.1. The van der Waals surface area contributed by atoms with Crippen molar-refractivity contribution in [1.29, 1.82) is 0 Å². The second-order valence-corrected chi connectivity index (χ2v) is 9.17. The van der Waals surface area contributed by atoms with Gasteiger partial charge in [0, 0.05) is 10.7 Å². The van der Waals surface area contributed by atoms with Crippen LogP contribution in [0.3, 0.4) is 0 Å². The molecule has 3 aromatic carbocycles. The minimum Gasteiger partial charge on any atom is -0.490 e. The Bertz CT molecular complexity index is 1500. The largest absolute Gasteiger partial charge is 0.490 e. The van der Waals surface area contributed by atoms with Crippen LogP contribution in [0, 0.1) is 13.8 Å². The summed E-state index contributed by atoms with van der Waals surface area (Å²) in [6.07, 6.45) is 1.35. The minimum absolute atomic E-state index is 0.223. The quantitative estimate of drug-likeness (QED) is 0.302. The maximum Gasteiger partial charge on any atom is 0.335 e. The third kappa shape index (κ3) is 6.45. The van der Waals surface area contributed by atoms with Crippen molar-refractivity contribution in [2.24, 2.45) is 0 Å². The van der Waals surface area contributed by atoms with Crippen LogP contribution < -0.4 is 25.0 Å². The molecular weight excluding hydrogens is 522 g/mol. The zero-order valence-corrected chi connectivity index (χ0v) is 22.3. The van der Waals surface area contributed by atoms with Gasteiger partial charge in [-0.1, -0.05) is 41.4 Å². The molecule has 0 atom stereocenters. The van der Waals surface area contributed by atoms with E-state index in [-0.39, 0.29) is 23.8 Å². The molecule has 0 radical (unpaired) electrons. The number of urea groups is 1. The number of hydrogen-bond acceptors (Lipinski definition) is 6. The second-order valence-electron chi connectivity index (χ2n) is 8.73. The molecular formula is C29H26ClN3O6. The number of benzene rings is 3. The van der Waals surface area contributed by atoms with Crippen LogP contribution >= 0.6 is 11.6 Å². The number of aryl methyl sites for hydroxylation is 2. The number of anilines is 2. The summed E-state index contributed by atoms with van der Waals surface area (Å²) in [6.45, 7) is 5.72. The van der Waals surface area contributed by atoms with E-state index in [1.807, 2.05) is 32.0 Å². The zero-order chi connectivity index (χ0) is 28.1. The van der Waals surface area contributed by atoms with Crippen LogP contribution in [0.1, 0.15) is 23.6 Å². The van der Waals surface area contributed by atoms with Crippen molar-refractivity contribution in [2.75, 3.05) is 23.4 Å². The van der Waals surface area contributed by atoms with Gasteiger partial charge in [-0.2, -0.15) is 0 Å². The highest BCUT2D eigenvalue weighted by atomic mass is 35.5. The lowest BCUT2D eigenvalue weighted by molar-refractivity contribution is -0.122. The predicted octanol–water partition coefficient (Wildman–Crippen LogP) is 5.04. The van der Waals surface area contributed by atoms with Crippen molar-refractivity contribution in [2.45, 2.75) is 20.8 Å². The highest BCUT2D eigenvalue weighted by molar-refractivity contribution is 6.39. The summed E-state index contributed by atoms with van der Waals surface area (Å²) in [5.74, 6) is -1.34. The Morgan fingerprint density at radius 2 is 1.79 bits per heavy atom. The van der Waals surface area contributed by atoms with E-state index in [0.717, 1.165) is 16.0 Å². The molecule has 0 aromatic heterocycles. The van der Waals surface area contributed by atoms with Gasteiger partial charge in [-0.3, -0.25) is 19.7 Å². The summed E-state index contributed by atoms with van der Waals surface area (Å²) in [5.41, 5.74) is 3.15. The smallest absolute Gasteiger partial charge is 0.335 e. The number of nitrogens with zero attached hydrogens (tertiary/aromatic N) is 1. The van der Waals surface area contributed by atoms with Crippen molar-refractivity contribution in [1.82, 2.24) is 5.32 Å². The molecule has 10 heteroatoms. The molecule has 1 aliphatic rings. The maximum absolute atomic E-state index is 13.1. The lowest BCUT2D eigenvalue weighted by Gasteiger charge is -2.26. The number of carbonyl (C=O) groups is 4. The fraction of sp³-hybridized carbons (Fsp3) is 0.172. The van der Waals surface area contributed by atoms with Crippen LogP contribution in [0.2, 0.25) is 5.02 Å². The summed E-state index contributed by atoms with van der Waals surface area (Å²) in [7, 11) is 0. The average molecular weight is 548 g/mol. The van der Waals surface area contributed by atoms with E-state index in [4.69, 9.17) is 21.1 Å². The first-order chi connectivity index (χ1) is 18.7. The molecule has 9 nitrogen and oxygen atoms in total. The summed E-state index contributed by atoms with van der Waals surface area (Å²) in [6, 6.07) is 15.8. The van der Waals surface area contributed by atoms with E-state index < -0.39 is 17.8 Å². The molecule has 200 valence electrons. The molecule has 0 unspecified atom stereocenters. The van der Waals surface area contributed by atoms with Gasteiger partial charge in [0.05, 0.1) is 12.3 Å². The monoisotopic (exact) mass is 547 g/mol. The molecule has 0 aliphatic carbocycles. The molecule has 1 heterocycles. The van der Waals surface area contributed by atoms with Crippen LogP contribution in [0.4, 0.5) is 16.2 Å². The Kier molecular flexibility index (Phi) is 8.31. The van der Waals surface area contributed by atoms with Gasteiger partial charge in [0.25, 0.3) is 17.7 Å². The average Bonchev–Trinajstić information content (AvgIpc) is 2.88. The molecule has 1 aliphatic heterocycles. The highest BCUT2D eigenvalue weighted by Gasteiger charge is 2.36. The molecule has 1 fully saturated rings. The third-order valence-corrected chi connectivity index (χ3v) is 6.00. The number of nitrogens with one attached hydrogen (secondary N) is 2. The second kappa shape index (κ2) is 11.8. The lowest BCUT2D eigenvalue weighted by Crippen LogP contribution is -2.54. The van der Waals surface area contributed by atoms with Crippen molar-refractivity contribution in [3.05, 3.63) is 87.9 Å². The first-order valence-electron chi connectivity index (χ1n) is 12.1. The van der Waals surface area contributed by atoms with Gasteiger partial charge in [0.2, 0.25) is 0 Å². The van der Waals surface area contributed by atoms with Crippen molar-refractivity contribution in [3.8, 4) is 11.5 Å². The Morgan fingerprint density at radius 1 is 1.00 bits per heavy atom. The highest BCUT2D eigenvalue weighted by Crippen LogP contribution is 2.31. The van der Waals surface area contributed by atoms with Crippen molar-refractivity contribution in [3.63, 3.8) is 0 Å². The van der Waals surface area contributed by atoms with Gasteiger partial charge >= 0.3 is 6.03 Å². The van der Waals surface area contributed by atoms with Crippen LogP contribution in [0.15, 0.2) is 66.2 Å². The SMILES string of the molecule is CCOc1cc(/C=C2\C(=O)NC(=O)N(c3cccc(Cl)c3)C2=O)ccc1OCC(=O)Nc1ccc(C)cc1C. The first-order valence-corrected chi connectivity index (χ1v) is 12.5. The normalized spacial score (nSPS) is 14.3. The third-order valence-electron chi connectivity index (χ3n) is 5.76. The Morgan fingerprint density at radius 3 is 2.51 bits per heavy atom. The van der Waals surface area contributed by atoms with E-state index in [9.17, 15) is 19.2 Å². The van der Waals surface area contributed by atoms with Gasteiger partial charge in [-0.25, -0.2) is 9.69 Å². The summed E-state index contributed by atoms with van der Waals surface area (Å²) in [5, 5.41) is 5.33. The Hall–Kier alpha value is -4.63. The van der Waals surface area contributed by atoms with Gasteiger partial charge in [0.1, 0.15) is 5.57 Å². The van der Waals surface area contributed by atoms with Gasteiger partial charge in [-0.05, 0) is 74.4 Å². The first kappa shape index (κ1) is 27.4. The minimum atomic E-state index is -0.873. The van der Waals surface area contributed by atoms with E-state index in [2.05, 4.69) is 10.6 Å².